The third-order valence-corrected chi connectivity index (χ3v) is 4.07. The molecule has 1 aliphatic heterocycles. The average molecular weight is 375 g/mol. The third kappa shape index (κ3) is 5.75. The smallest absolute Gasteiger partial charge is 0.323 e. The Bertz CT molecular complexity index is 716. The molecule has 7 heteroatoms. The van der Waals surface area contributed by atoms with E-state index in [9.17, 15) is 9.59 Å². The standard InChI is InChI=1S/C19H22N4O2.ClH/c24-18(17-8-4-5-13-20-17)21-15-9-11-16(12-10-15)23-19(25)22-14-6-2-1-3-7-14;/h1-3,6-7,9-12,17,20H,4-5,8,13H2,(H,21,24)(H2,22,23,25);1H. The van der Waals surface area contributed by atoms with E-state index >= 15 is 0 Å². The Hall–Kier alpha value is -2.57. The molecule has 1 atom stereocenters. The fourth-order valence-electron chi connectivity index (χ4n) is 2.76. The van der Waals surface area contributed by atoms with Crippen molar-refractivity contribution in [3.8, 4) is 0 Å². The highest BCUT2D eigenvalue weighted by molar-refractivity contribution is 6.00. The minimum Gasteiger partial charge on any atom is -0.325 e. The normalized spacial score (nSPS) is 16.1. The van der Waals surface area contributed by atoms with E-state index in [2.05, 4.69) is 21.3 Å². The number of anilines is 3. The van der Waals surface area contributed by atoms with E-state index in [0.717, 1.165) is 31.5 Å². The Labute approximate surface area is 159 Å². The van der Waals surface area contributed by atoms with Gasteiger partial charge in [-0.05, 0) is 55.8 Å². The number of rotatable bonds is 4. The van der Waals surface area contributed by atoms with Gasteiger partial charge in [-0.2, -0.15) is 0 Å². The van der Waals surface area contributed by atoms with Crippen molar-refractivity contribution in [1.82, 2.24) is 5.32 Å². The number of para-hydroxylation sites is 1. The second-order valence-electron chi connectivity index (χ2n) is 6.01. The summed E-state index contributed by atoms with van der Waals surface area (Å²) >= 11 is 0. The molecule has 2 aromatic rings. The fourth-order valence-corrected chi connectivity index (χ4v) is 2.76. The van der Waals surface area contributed by atoms with Crippen LogP contribution in [0.5, 0.6) is 0 Å². The lowest BCUT2D eigenvalue weighted by Gasteiger charge is -2.22. The van der Waals surface area contributed by atoms with Crippen LogP contribution in [0.25, 0.3) is 0 Å². The predicted octanol–water partition coefficient (Wildman–Crippen LogP) is 3.83. The summed E-state index contributed by atoms with van der Waals surface area (Å²) in [6, 6.07) is 15.9. The van der Waals surface area contributed by atoms with Gasteiger partial charge in [0.25, 0.3) is 0 Å². The summed E-state index contributed by atoms with van der Waals surface area (Å²) in [4.78, 5) is 24.1. The Kier molecular flexibility index (Phi) is 7.44. The van der Waals surface area contributed by atoms with Crippen molar-refractivity contribution in [2.45, 2.75) is 25.3 Å². The number of hydrogen-bond donors (Lipinski definition) is 4. The molecule has 138 valence electrons. The van der Waals surface area contributed by atoms with Gasteiger partial charge in [0.1, 0.15) is 0 Å². The van der Waals surface area contributed by atoms with Gasteiger partial charge in [0.2, 0.25) is 5.91 Å². The first-order valence-electron chi connectivity index (χ1n) is 8.48. The molecule has 0 saturated carbocycles. The minimum atomic E-state index is -0.311. The summed E-state index contributed by atoms with van der Waals surface area (Å²) in [6.07, 6.45) is 3.06. The molecule has 26 heavy (non-hydrogen) atoms. The van der Waals surface area contributed by atoms with Crippen molar-refractivity contribution in [3.05, 3.63) is 54.6 Å². The van der Waals surface area contributed by atoms with E-state index in [1.807, 2.05) is 30.3 Å². The Morgan fingerprint density at radius 1 is 0.808 bits per heavy atom. The van der Waals surface area contributed by atoms with Crippen molar-refractivity contribution >= 4 is 41.4 Å². The molecule has 1 aliphatic rings. The monoisotopic (exact) mass is 374 g/mol. The molecule has 1 saturated heterocycles. The molecule has 0 radical (unpaired) electrons. The highest BCUT2D eigenvalue weighted by atomic mass is 35.5. The van der Waals surface area contributed by atoms with Crippen molar-refractivity contribution in [2.75, 3.05) is 22.5 Å². The van der Waals surface area contributed by atoms with Crippen molar-refractivity contribution in [2.24, 2.45) is 0 Å². The first kappa shape index (κ1) is 19.8. The number of amides is 3. The molecule has 3 rings (SSSR count). The van der Waals surface area contributed by atoms with Crippen LogP contribution in [0.2, 0.25) is 0 Å². The fraction of sp³-hybridized carbons (Fsp3) is 0.263. The van der Waals surface area contributed by atoms with E-state index < -0.39 is 0 Å². The van der Waals surface area contributed by atoms with Gasteiger partial charge in [0.05, 0.1) is 6.04 Å². The topological polar surface area (TPSA) is 82.3 Å². The van der Waals surface area contributed by atoms with E-state index in [1.54, 1.807) is 24.3 Å². The minimum absolute atomic E-state index is 0. The molecule has 2 aromatic carbocycles. The highest BCUT2D eigenvalue weighted by Gasteiger charge is 2.20. The molecule has 1 heterocycles. The molecule has 1 unspecified atom stereocenters. The number of halogens is 1. The van der Waals surface area contributed by atoms with Crippen LogP contribution in [0.1, 0.15) is 19.3 Å². The van der Waals surface area contributed by atoms with E-state index in [0.29, 0.717) is 11.4 Å². The number of carbonyl (C=O) groups excluding carboxylic acids is 2. The molecule has 0 spiro atoms. The van der Waals surface area contributed by atoms with Gasteiger partial charge < -0.3 is 21.3 Å². The molecule has 1 fully saturated rings. The van der Waals surface area contributed by atoms with Gasteiger partial charge in [0.15, 0.2) is 0 Å². The molecule has 6 nitrogen and oxygen atoms in total. The Morgan fingerprint density at radius 2 is 1.38 bits per heavy atom. The lowest BCUT2D eigenvalue weighted by atomic mass is 10.0. The van der Waals surface area contributed by atoms with E-state index in [-0.39, 0.29) is 30.4 Å². The number of benzene rings is 2. The first-order valence-corrected chi connectivity index (χ1v) is 8.48. The number of urea groups is 1. The average Bonchev–Trinajstić information content (AvgIpc) is 2.65. The second-order valence-corrected chi connectivity index (χ2v) is 6.01. The number of nitrogens with one attached hydrogen (secondary N) is 4. The lowest BCUT2D eigenvalue weighted by molar-refractivity contribution is -0.118. The van der Waals surface area contributed by atoms with E-state index in [1.165, 1.54) is 0 Å². The largest absolute Gasteiger partial charge is 0.325 e. The molecule has 3 amide bonds. The molecular formula is C19H23ClN4O2. The van der Waals surface area contributed by atoms with Crippen LogP contribution in [-0.4, -0.2) is 24.5 Å². The van der Waals surface area contributed by atoms with Crippen LogP contribution >= 0.6 is 12.4 Å². The van der Waals surface area contributed by atoms with Crippen LogP contribution in [0.4, 0.5) is 21.9 Å². The molecular weight excluding hydrogens is 352 g/mol. The molecule has 0 bridgehead atoms. The van der Waals surface area contributed by atoms with Crippen molar-refractivity contribution in [3.63, 3.8) is 0 Å². The van der Waals surface area contributed by atoms with Gasteiger partial charge in [-0.1, -0.05) is 24.6 Å². The second kappa shape index (κ2) is 9.79. The molecule has 4 N–H and O–H groups in total. The number of hydrogen-bond acceptors (Lipinski definition) is 3. The maximum Gasteiger partial charge on any atom is 0.323 e. The maximum atomic E-state index is 12.2. The molecule has 0 aromatic heterocycles. The SMILES string of the molecule is Cl.O=C(Nc1ccccc1)Nc1ccc(NC(=O)C2CCCCN2)cc1. The van der Waals surface area contributed by atoms with Crippen LogP contribution < -0.4 is 21.3 Å². The number of carbonyl (C=O) groups is 2. The van der Waals surface area contributed by atoms with Gasteiger partial charge in [-0.3, -0.25) is 4.79 Å². The highest BCUT2D eigenvalue weighted by Crippen LogP contribution is 2.16. The summed E-state index contributed by atoms with van der Waals surface area (Å²) in [7, 11) is 0. The summed E-state index contributed by atoms with van der Waals surface area (Å²) in [5.41, 5.74) is 2.09. The van der Waals surface area contributed by atoms with Gasteiger partial charge in [0, 0.05) is 17.1 Å². The van der Waals surface area contributed by atoms with Crippen LogP contribution in [0.3, 0.4) is 0 Å². The zero-order chi connectivity index (χ0) is 17.5. The third-order valence-electron chi connectivity index (χ3n) is 4.07. The van der Waals surface area contributed by atoms with Gasteiger partial charge in [-0.25, -0.2) is 4.79 Å². The summed E-state index contributed by atoms with van der Waals surface area (Å²) in [5.74, 6) is -0.0118. The van der Waals surface area contributed by atoms with Crippen molar-refractivity contribution in [1.29, 1.82) is 0 Å². The number of piperidine rings is 1. The van der Waals surface area contributed by atoms with Gasteiger partial charge >= 0.3 is 6.03 Å². The van der Waals surface area contributed by atoms with E-state index in [4.69, 9.17) is 0 Å². The summed E-state index contributed by atoms with van der Waals surface area (Å²) < 4.78 is 0. The Morgan fingerprint density at radius 3 is 1.96 bits per heavy atom. The zero-order valence-corrected chi connectivity index (χ0v) is 15.1. The van der Waals surface area contributed by atoms with Crippen LogP contribution in [-0.2, 0) is 4.79 Å². The Balaban J connectivity index is 0.00000243. The maximum absolute atomic E-state index is 12.2. The quantitative estimate of drug-likeness (QED) is 0.656. The predicted molar refractivity (Wildman–Crippen MR) is 107 cm³/mol. The van der Waals surface area contributed by atoms with Crippen LogP contribution in [0.15, 0.2) is 54.6 Å². The first-order chi connectivity index (χ1) is 12.2. The summed E-state index contributed by atoms with van der Waals surface area (Å²) in [6.45, 7) is 0.886. The van der Waals surface area contributed by atoms with Crippen molar-refractivity contribution < 1.29 is 9.59 Å². The summed E-state index contributed by atoms with van der Waals surface area (Å²) in [5, 5.41) is 11.6. The molecule has 0 aliphatic carbocycles. The van der Waals surface area contributed by atoms with Gasteiger partial charge in [-0.15, -0.1) is 12.4 Å². The lowest BCUT2D eigenvalue weighted by Crippen LogP contribution is -2.43. The van der Waals surface area contributed by atoms with Crippen LogP contribution in [0, 0.1) is 0 Å². The zero-order valence-electron chi connectivity index (χ0n) is 14.3.